The maximum atomic E-state index is 12.7. The molecule has 2 aromatic carbocycles. The lowest BCUT2D eigenvalue weighted by molar-refractivity contribution is -0.148. The molecule has 28 heavy (non-hydrogen) atoms. The molecule has 4 rings (SSSR count). The van der Waals surface area contributed by atoms with Crippen molar-refractivity contribution in [3.05, 3.63) is 71.5 Å². The van der Waals surface area contributed by atoms with Crippen LogP contribution in [0.1, 0.15) is 23.4 Å². The first kappa shape index (κ1) is 17.9. The SMILES string of the molecule is Cn1c(CC(=O)NC2(C(=O)O)CCc3ccccc32)nnc1-c1ccccc1. The van der Waals surface area contributed by atoms with Gasteiger partial charge in [0.2, 0.25) is 5.91 Å². The van der Waals surface area contributed by atoms with Crippen molar-refractivity contribution in [1.82, 2.24) is 20.1 Å². The van der Waals surface area contributed by atoms with Gasteiger partial charge < -0.3 is 15.0 Å². The van der Waals surface area contributed by atoms with Crippen LogP contribution in [-0.4, -0.2) is 31.7 Å². The molecule has 0 radical (unpaired) electrons. The molecule has 1 aliphatic rings. The van der Waals surface area contributed by atoms with Gasteiger partial charge in [0, 0.05) is 12.6 Å². The van der Waals surface area contributed by atoms with Crippen LogP contribution in [0.4, 0.5) is 0 Å². The van der Waals surface area contributed by atoms with Crippen molar-refractivity contribution < 1.29 is 14.7 Å². The second-order valence-electron chi connectivity index (χ2n) is 6.96. The molecule has 1 atom stereocenters. The number of rotatable bonds is 5. The van der Waals surface area contributed by atoms with Gasteiger partial charge in [-0.15, -0.1) is 10.2 Å². The van der Waals surface area contributed by atoms with Gasteiger partial charge in [-0.25, -0.2) is 4.79 Å². The zero-order valence-corrected chi connectivity index (χ0v) is 15.4. The summed E-state index contributed by atoms with van der Waals surface area (Å²) < 4.78 is 1.75. The Kier molecular flexibility index (Phi) is 4.43. The van der Waals surface area contributed by atoms with E-state index in [1.54, 1.807) is 23.7 Å². The summed E-state index contributed by atoms with van der Waals surface area (Å²) in [6, 6.07) is 16.9. The highest BCUT2D eigenvalue weighted by Gasteiger charge is 2.46. The predicted octanol–water partition coefficient (Wildman–Crippen LogP) is 2.07. The predicted molar refractivity (Wildman–Crippen MR) is 102 cm³/mol. The second kappa shape index (κ2) is 6.92. The van der Waals surface area contributed by atoms with Crippen molar-refractivity contribution in [3.63, 3.8) is 0 Å². The highest BCUT2D eigenvalue weighted by atomic mass is 16.4. The van der Waals surface area contributed by atoms with E-state index in [1.807, 2.05) is 42.5 Å². The summed E-state index contributed by atoms with van der Waals surface area (Å²) in [7, 11) is 1.79. The number of aliphatic carboxylic acids is 1. The van der Waals surface area contributed by atoms with Crippen molar-refractivity contribution >= 4 is 11.9 Å². The number of carboxylic acids is 1. The quantitative estimate of drug-likeness (QED) is 0.710. The van der Waals surface area contributed by atoms with E-state index in [-0.39, 0.29) is 6.42 Å². The minimum atomic E-state index is -1.39. The van der Waals surface area contributed by atoms with Crippen molar-refractivity contribution in [3.8, 4) is 11.4 Å². The molecule has 0 fully saturated rings. The fourth-order valence-electron chi connectivity index (χ4n) is 3.80. The monoisotopic (exact) mass is 376 g/mol. The van der Waals surface area contributed by atoms with Crippen LogP contribution >= 0.6 is 0 Å². The Balaban J connectivity index is 1.57. The molecule has 7 heteroatoms. The highest BCUT2D eigenvalue weighted by Crippen LogP contribution is 2.37. The fourth-order valence-corrected chi connectivity index (χ4v) is 3.80. The molecular formula is C21H20N4O3. The van der Waals surface area contributed by atoms with E-state index in [2.05, 4.69) is 15.5 Å². The zero-order valence-electron chi connectivity index (χ0n) is 15.4. The van der Waals surface area contributed by atoms with E-state index >= 15 is 0 Å². The molecule has 1 heterocycles. The van der Waals surface area contributed by atoms with E-state index in [0.717, 1.165) is 11.1 Å². The van der Waals surface area contributed by atoms with Gasteiger partial charge in [-0.3, -0.25) is 4.79 Å². The third-order valence-electron chi connectivity index (χ3n) is 5.28. The van der Waals surface area contributed by atoms with Crippen molar-refractivity contribution in [2.75, 3.05) is 0 Å². The van der Waals surface area contributed by atoms with Gasteiger partial charge in [0.05, 0.1) is 6.42 Å². The van der Waals surface area contributed by atoms with Gasteiger partial charge >= 0.3 is 5.97 Å². The van der Waals surface area contributed by atoms with Crippen LogP contribution in [0.3, 0.4) is 0 Å². The molecular weight excluding hydrogens is 356 g/mol. The number of aromatic nitrogens is 3. The Hall–Kier alpha value is -3.48. The molecule has 0 saturated carbocycles. The number of nitrogens with one attached hydrogen (secondary N) is 1. The third kappa shape index (κ3) is 2.94. The van der Waals surface area contributed by atoms with Gasteiger partial charge in [0.25, 0.3) is 0 Å². The molecule has 2 N–H and O–H groups in total. The number of benzene rings is 2. The fraction of sp³-hybridized carbons (Fsp3) is 0.238. The van der Waals surface area contributed by atoms with Gasteiger partial charge in [-0.05, 0) is 24.0 Å². The molecule has 142 valence electrons. The van der Waals surface area contributed by atoms with E-state index < -0.39 is 17.4 Å². The second-order valence-corrected chi connectivity index (χ2v) is 6.96. The number of carboxylic acid groups (broad SMARTS) is 1. The largest absolute Gasteiger partial charge is 0.479 e. The van der Waals surface area contributed by atoms with Crippen LogP contribution in [0.5, 0.6) is 0 Å². The molecule has 1 unspecified atom stereocenters. The summed E-state index contributed by atoms with van der Waals surface area (Å²) in [5.41, 5.74) is 1.11. The standard InChI is InChI=1S/C21H20N4O3/c1-25-17(23-24-19(25)15-8-3-2-4-9-15)13-18(26)22-21(20(27)28)12-11-14-7-5-6-10-16(14)21/h2-10H,11-13H2,1H3,(H,22,26)(H,27,28). The minimum absolute atomic E-state index is 0.0481. The van der Waals surface area contributed by atoms with Crippen molar-refractivity contribution in [2.45, 2.75) is 24.8 Å². The highest BCUT2D eigenvalue weighted by molar-refractivity contribution is 5.90. The number of nitrogens with zero attached hydrogens (tertiary/aromatic N) is 3. The number of carbonyl (C=O) groups excluding carboxylic acids is 1. The lowest BCUT2D eigenvalue weighted by Gasteiger charge is -2.27. The molecule has 3 aromatic rings. The van der Waals surface area contributed by atoms with Crippen LogP contribution in [-0.2, 0) is 35.0 Å². The Labute approximate surface area is 162 Å². The number of aryl methyl sites for hydroxylation is 1. The van der Waals surface area contributed by atoms with Gasteiger partial charge in [0.15, 0.2) is 11.4 Å². The number of amides is 1. The number of fused-ring (bicyclic) bond motifs is 1. The minimum Gasteiger partial charge on any atom is -0.479 e. The van der Waals surface area contributed by atoms with Crippen LogP contribution in [0.2, 0.25) is 0 Å². The topological polar surface area (TPSA) is 97.1 Å². The normalized spacial score (nSPS) is 17.9. The number of hydrogen-bond acceptors (Lipinski definition) is 4. The summed E-state index contributed by atoms with van der Waals surface area (Å²) in [5.74, 6) is -0.311. The van der Waals surface area contributed by atoms with Crippen LogP contribution < -0.4 is 5.32 Å². The van der Waals surface area contributed by atoms with E-state index in [9.17, 15) is 14.7 Å². The average Bonchev–Trinajstić information content (AvgIpc) is 3.25. The van der Waals surface area contributed by atoms with Gasteiger partial charge in [-0.2, -0.15) is 0 Å². The van der Waals surface area contributed by atoms with Crippen LogP contribution in [0.15, 0.2) is 54.6 Å². The Morgan fingerprint density at radius 1 is 1.11 bits per heavy atom. The Morgan fingerprint density at radius 2 is 1.82 bits per heavy atom. The summed E-state index contributed by atoms with van der Waals surface area (Å²) in [6.07, 6.45) is 0.903. The van der Waals surface area contributed by atoms with Crippen molar-refractivity contribution in [2.24, 2.45) is 7.05 Å². The summed E-state index contributed by atoms with van der Waals surface area (Å²) in [5, 5.41) is 20.9. The molecule has 0 saturated heterocycles. The average molecular weight is 376 g/mol. The third-order valence-corrected chi connectivity index (χ3v) is 5.28. The molecule has 0 bridgehead atoms. The zero-order chi connectivity index (χ0) is 19.7. The van der Waals surface area contributed by atoms with Crippen molar-refractivity contribution in [1.29, 1.82) is 0 Å². The first-order valence-electron chi connectivity index (χ1n) is 9.08. The molecule has 1 aromatic heterocycles. The van der Waals surface area contributed by atoms with E-state index in [1.165, 1.54) is 0 Å². The lowest BCUT2D eigenvalue weighted by atomic mass is 9.91. The summed E-state index contributed by atoms with van der Waals surface area (Å²) >= 11 is 0. The first-order valence-corrected chi connectivity index (χ1v) is 9.08. The molecule has 0 spiro atoms. The Morgan fingerprint density at radius 3 is 2.57 bits per heavy atom. The number of hydrogen-bond donors (Lipinski definition) is 2. The summed E-state index contributed by atoms with van der Waals surface area (Å²) in [4.78, 5) is 24.8. The summed E-state index contributed by atoms with van der Waals surface area (Å²) in [6.45, 7) is 0. The molecule has 1 amide bonds. The van der Waals surface area contributed by atoms with Gasteiger partial charge in [-0.1, -0.05) is 54.6 Å². The van der Waals surface area contributed by atoms with E-state index in [0.29, 0.717) is 30.1 Å². The maximum Gasteiger partial charge on any atom is 0.334 e. The molecule has 0 aliphatic heterocycles. The molecule has 7 nitrogen and oxygen atoms in total. The Bertz CT molecular complexity index is 1040. The lowest BCUT2D eigenvalue weighted by Crippen LogP contribution is -2.51. The molecule has 1 aliphatic carbocycles. The van der Waals surface area contributed by atoms with Gasteiger partial charge in [0.1, 0.15) is 5.82 Å². The van der Waals surface area contributed by atoms with E-state index in [4.69, 9.17) is 0 Å². The maximum absolute atomic E-state index is 12.7. The smallest absolute Gasteiger partial charge is 0.334 e. The number of carbonyl (C=O) groups is 2. The first-order chi connectivity index (χ1) is 13.5. The van der Waals surface area contributed by atoms with Crippen LogP contribution in [0, 0.1) is 0 Å². The van der Waals surface area contributed by atoms with Crippen LogP contribution in [0.25, 0.3) is 11.4 Å².